The summed E-state index contributed by atoms with van der Waals surface area (Å²) in [5, 5.41) is 0.976. The highest BCUT2D eigenvalue weighted by Crippen LogP contribution is 2.25. The van der Waals surface area contributed by atoms with E-state index in [9.17, 15) is 0 Å². The second-order valence-electron chi connectivity index (χ2n) is 3.77. The monoisotopic (exact) mass is 233 g/mol. The lowest BCUT2D eigenvalue weighted by molar-refractivity contribution is -0.150. The van der Waals surface area contributed by atoms with Crippen molar-refractivity contribution < 1.29 is 13.9 Å². The molecule has 0 aliphatic heterocycles. The summed E-state index contributed by atoms with van der Waals surface area (Å²) < 4.78 is 16.8. The van der Waals surface area contributed by atoms with Gasteiger partial charge in [0, 0.05) is 31.0 Å². The number of hydrogen-bond acceptors (Lipinski definition) is 4. The molecule has 0 aromatic carbocycles. The van der Waals surface area contributed by atoms with Crippen LogP contribution >= 0.6 is 0 Å². The van der Waals surface area contributed by atoms with Crippen LogP contribution in [-0.2, 0) is 9.47 Å². The Morgan fingerprint density at radius 1 is 1.29 bits per heavy atom. The van der Waals surface area contributed by atoms with Gasteiger partial charge in [0.25, 0.3) is 0 Å². The minimum Gasteiger partial charge on any atom is -0.456 e. The van der Waals surface area contributed by atoms with Crippen molar-refractivity contribution in [1.29, 1.82) is 0 Å². The number of fused-ring (bicyclic) bond motifs is 1. The van der Waals surface area contributed by atoms with Gasteiger partial charge in [0.05, 0.1) is 0 Å². The average Bonchev–Trinajstić information content (AvgIpc) is 2.74. The number of rotatable bonds is 5. The predicted molar refractivity (Wildman–Crippen MR) is 68.2 cm³/mol. The van der Waals surface area contributed by atoms with Crippen LogP contribution in [0.2, 0.25) is 0 Å². The lowest BCUT2D eigenvalue weighted by Gasteiger charge is -2.13. The molecule has 0 saturated heterocycles. The van der Waals surface area contributed by atoms with Crippen LogP contribution in [0.4, 0.5) is 0 Å². The number of aromatic nitrogens is 1. The van der Waals surface area contributed by atoms with Gasteiger partial charge in [-0.2, -0.15) is 0 Å². The molecule has 0 spiro atoms. The second-order valence-corrected chi connectivity index (χ2v) is 3.77. The number of nitrogens with zero attached hydrogens (tertiary/aromatic N) is 1. The zero-order chi connectivity index (χ0) is 12.3. The van der Waals surface area contributed by atoms with Crippen molar-refractivity contribution in [1.82, 2.24) is 4.98 Å². The standard InChI is InChI=1S/C12H16BNO3/c1-3-15-12(16-4-2)10-5-8-6-14-7-9(13)11(8)17-10/h5-7,12H,3-4,13H2,1-2H3. The van der Waals surface area contributed by atoms with Gasteiger partial charge < -0.3 is 13.9 Å². The summed E-state index contributed by atoms with van der Waals surface area (Å²) in [6.07, 6.45) is 3.13. The average molecular weight is 233 g/mol. The number of ether oxygens (including phenoxy) is 2. The van der Waals surface area contributed by atoms with E-state index in [1.165, 1.54) is 0 Å². The summed E-state index contributed by atoms with van der Waals surface area (Å²) in [5.41, 5.74) is 1.86. The van der Waals surface area contributed by atoms with Gasteiger partial charge in [-0.1, -0.05) is 0 Å². The zero-order valence-corrected chi connectivity index (χ0v) is 10.4. The molecule has 0 amide bonds. The molecular formula is C12H16BNO3. The Balaban J connectivity index is 2.36. The summed E-state index contributed by atoms with van der Waals surface area (Å²) in [4.78, 5) is 4.14. The van der Waals surface area contributed by atoms with Crippen molar-refractivity contribution in [3.63, 3.8) is 0 Å². The number of pyridine rings is 1. The molecular weight excluding hydrogens is 217 g/mol. The molecule has 0 saturated carbocycles. The number of hydrogen-bond donors (Lipinski definition) is 0. The van der Waals surface area contributed by atoms with Gasteiger partial charge in [-0.25, -0.2) is 0 Å². The van der Waals surface area contributed by atoms with E-state index in [1.54, 1.807) is 12.4 Å². The Morgan fingerprint density at radius 2 is 2.00 bits per heavy atom. The topological polar surface area (TPSA) is 44.5 Å². The molecule has 2 rings (SSSR count). The van der Waals surface area contributed by atoms with E-state index in [1.807, 2.05) is 27.8 Å². The molecule has 2 aromatic heterocycles. The highest BCUT2D eigenvalue weighted by molar-refractivity contribution is 6.37. The van der Waals surface area contributed by atoms with Crippen LogP contribution in [0.15, 0.2) is 22.9 Å². The largest absolute Gasteiger partial charge is 0.456 e. The first-order valence-electron chi connectivity index (χ1n) is 5.83. The van der Waals surface area contributed by atoms with Crippen molar-refractivity contribution in [2.75, 3.05) is 13.2 Å². The van der Waals surface area contributed by atoms with Crippen molar-refractivity contribution in [2.45, 2.75) is 20.1 Å². The van der Waals surface area contributed by atoms with E-state index < -0.39 is 6.29 Å². The molecule has 2 aromatic rings. The first kappa shape index (κ1) is 12.1. The lowest BCUT2D eigenvalue weighted by Crippen LogP contribution is -2.07. The minimum absolute atomic E-state index is 0.434. The molecule has 2 heterocycles. The van der Waals surface area contributed by atoms with Crippen molar-refractivity contribution in [3.05, 3.63) is 24.2 Å². The van der Waals surface area contributed by atoms with Crippen molar-refractivity contribution >= 4 is 24.3 Å². The van der Waals surface area contributed by atoms with Gasteiger partial charge in [0.1, 0.15) is 13.4 Å². The fourth-order valence-corrected chi connectivity index (χ4v) is 1.75. The summed E-state index contributed by atoms with van der Waals surface area (Å²) in [6.45, 7) is 5.03. The molecule has 0 N–H and O–H groups in total. The molecule has 0 fully saturated rings. The van der Waals surface area contributed by atoms with Crippen LogP contribution in [0.5, 0.6) is 0 Å². The van der Waals surface area contributed by atoms with Crippen molar-refractivity contribution in [3.8, 4) is 0 Å². The predicted octanol–water partition coefficient (Wildman–Crippen LogP) is 1.16. The molecule has 0 unspecified atom stereocenters. The van der Waals surface area contributed by atoms with Gasteiger partial charge in [-0.15, -0.1) is 0 Å². The Bertz CT molecular complexity index is 491. The normalized spacial score (nSPS) is 11.5. The zero-order valence-electron chi connectivity index (χ0n) is 10.4. The quantitative estimate of drug-likeness (QED) is 0.574. The lowest BCUT2D eigenvalue weighted by atomic mass is 9.97. The van der Waals surface area contributed by atoms with Gasteiger partial charge in [-0.3, -0.25) is 4.98 Å². The fourth-order valence-electron chi connectivity index (χ4n) is 1.75. The maximum Gasteiger partial charge on any atom is 0.217 e. The Morgan fingerprint density at radius 3 is 2.59 bits per heavy atom. The second kappa shape index (κ2) is 5.34. The first-order valence-corrected chi connectivity index (χ1v) is 5.83. The molecule has 0 bridgehead atoms. The summed E-state index contributed by atoms with van der Waals surface area (Å²) >= 11 is 0. The Labute approximate surface area is 101 Å². The van der Waals surface area contributed by atoms with Crippen LogP contribution in [0.1, 0.15) is 25.9 Å². The van der Waals surface area contributed by atoms with E-state index in [4.69, 9.17) is 13.9 Å². The molecule has 0 aliphatic rings. The molecule has 17 heavy (non-hydrogen) atoms. The van der Waals surface area contributed by atoms with Crippen LogP contribution in [0.3, 0.4) is 0 Å². The first-order chi connectivity index (χ1) is 8.26. The molecule has 0 atom stereocenters. The van der Waals surface area contributed by atoms with Gasteiger partial charge in [-0.05, 0) is 25.4 Å². The SMILES string of the molecule is Bc1cncc2cc(C(OCC)OCC)oc12. The Hall–Kier alpha value is -1.33. The van der Waals surface area contributed by atoms with E-state index in [2.05, 4.69) is 4.98 Å². The number of furan rings is 1. The van der Waals surface area contributed by atoms with E-state index in [0.717, 1.165) is 16.4 Å². The van der Waals surface area contributed by atoms with Gasteiger partial charge >= 0.3 is 0 Å². The maximum absolute atomic E-state index is 5.78. The minimum atomic E-state index is -0.434. The van der Waals surface area contributed by atoms with Crippen molar-refractivity contribution in [2.24, 2.45) is 0 Å². The summed E-state index contributed by atoms with van der Waals surface area (Å²) in [7, 11) is 1.97. The van der Waals surface area contributed by atoms with Gasteiger partial charge in [0.2, 0.25) is 6.29 Å². The molecule has 0 radical (unpaired) electrons. The highest BCUT2D eigenvalue weighted by Gasteiger charge is 2.17. The fraction of sp³-hybridized carbons (Fsp3) is 0.417. The molecule has 0 aliphatic carbocycles. The van der Waals surface area contributed by atoms with E-state index >= 15 is 0 Å². The Kier molecular flexibility index (Phi) is 3.81. The van der Waals surface area contributed by atoms with E-state index in [0.29, 0.717) is 19.0 Å². The van der Waals surface area contributed by atoms with Crippen LogP contribution < -0.4 is 5.46 Å². The third-order valence-corrected chi connectivity index (χ3v) is 2.49. The van der Waals surface area contributed by atoms with Crippen LogP contribution in [-0.4, -0.2) is 26.0 Å². The smallest absolute Gasteiger partial charge is 0.217 e. The highest BCUT2D eigenvalue weighted by atomic mass is 16.7. The van der Waals surface area contributed by atoms with E-state index in [-0.39, 0.29) is 0 Å². The molecule has 5 heteroatoms. The van der Waals surface area contributed by atoms with Crippen LogP contribution in [0, 0.1) is 0 Å². The maximum atomic E-state index is 5.78. The van der Waals surface area contributed by atoms with Crippen LogP contribution in [0.25, 0.3) is 11.0 Å². The van der Waals surface area contributed by atoms with Gasteiger partial charge in [0.15, 0.2) is 5.76 Å². The third-order valence-electron chi connectivity index (χ3n) is 2.49. The summed E-state index contributed by atoms with van der Waals surface area (Å²) in [6, 6.07) is 1.92. The summed E-state index contributed by atoms with van der Waals surface area (Å²) in [5.74, 6) is 0.694. The third kappa shape index (κ3) is 2.51. The molecule has 4 nitrogen and oxygen atoms in total. The molecule has 90 valence electrons.